The first kappa shape index (κ1) is 26.6. The number of nitrogens with one attached hydrogen (secondary N) is 1. The summed E-state index contributed by atoms with van der Waals surface area (Å²) in [5, 5.41) is 12.0. The van der Waals surface area contributed by atoms with Crippen molar-refractivity contribution in [3.63, 3.8) is 0 Å². The number of carbonyl (C=O) groups is 2. The zero-order valence-corrected chi connectivity index (χ0v) is 21.8. The third-order valence-corrected chi connectivity index (χ3v) is 8.72. The highest BCUT2D eigenvalue weighted by Gasteiger charge is 2.34. The van der Waals surface area contributed by atoms with Crippen molar-refractivity contribution in [1.82, 2.24) is 4.90 Å². The maximum Gasteiger partial charge on any atom is 0.340 e. The number of benzene rings is 1. The van der Waals surface area contributed by atoms with Gasteiger partial charge in [-0.25, -0.2) is 9.18 Å². The number of piperazine rings is 1. The summed E-state index contributed by atoms with van der Waals surface area (Å²) in [4.78, 5) is 31.4. The molecule has 34 heavy (non-hydrogen) atoms. The summed E-state index contributed by atoms with van der Waals surface area (Å²) in [6.45, 7) is 8.59. The number of carbonyl (C=O) groups excluding carboxylic acids is 1. The highest BCUT2D eigenvalue weighted by atomic mass is 32.2. The third-order valence-electron chi connectivity index (χ3n) is 6.12. The number of allylic oxidation sites excluding steroid dienone is 1. The number of carboxylic acids is 1. The topological polar surface area (TPSA) is 98.9 Å². The second kappa shape index (κ2) is 11.6. The predicted molar refractivity (Wildman–Crippen MR) is 139 cm³/mol. The van der Waals surface area contributed by atoms with Gasteiger partial charge < -0.3 is 20.3 Å². The number of rotatable bonds is 6. The molecule has 3 rings (SSSR count). The number of likely N-dealkylation sites (N-methyl/N-ethyl adjacent to an activating group) is 1. The molecular formula is C24H33FN4O3S2. The Morgan fingerprint density at radius 3 is 2.53 bits per heavy atom. The first-order chi connectivity index (χ1) is 16.2. The van der Waals surface area contributed by atoms with Gasteiger partial charge in [-0.2, -0.15) is 0 Å². The van der Waals surface area contributed by atoms with E-state index in [1.54, 1.807) is 6.92 Å². The molecule has 2 heterocycles. The Morgan fingerprint density at radius 1 is 1.26 bits per heavy atom. The molecule has 0 spiro atoms. The van der Waals surface area contributed by atoms with E-state index in [1.807, 2.05) is 31.2 Å². The van der Waals surface area contributed by atoms with Gasteiger partial charge in [-0.15, -0.1) is 23.5 Å². The van der Waals surface area contributed by atoms with Crippen molar-refractivity contribution in [2.75, 3.05) is 49.3 Å². The summed E-state index contributed by atoms with van der Waals surface area (Å²) in [7, 11) is 2.03. The zero-order chi connectivity index (χ0) is 25.0. The molecule has 1 saturated heterocycles. The van der Waals surface area contributed by atoms with Gasteiger partial charge in [0.1, 0.15) is 5.57 Å². The first-order valence-corrected chi connectivity index (χ1v) is 13.3. The summed E-state index contributed by atoms with van der Waals surface area (Å²) in [5.41, 5.74) is 3.91. The SMILES string of the molecule is CCCC/C1=C(/C(=O)O)C(=O)c2c(C)c(c(N3CCN(C)CC3)c(F)c2NN)SC/C(C)=C/S1. The lowest BCUT2D eigenvalue weighted by atomic mass is 9.94. The van der Waals surface area contributed by atoms with Gasteiger partial charge in [-0.1, -0.05) is 18.9 Å². The Balaban J connectivity index is 2.30. The molecule has 10 heteroatoms. The minimum Gasteiger partial charge on any atom is -0.478 e. The highest BCUT2D eigenvalue weighted by Crippen LogP contribution is 2.45. The van der Waals surface area contributed by atoms with Gasteiger partial charge in [-0.05, 0) is 44.7 Å². The van der Waals surface area contributed by atoms with E-state index >= 15 is 4.39 Å². The molecule has 1 aromatic rings. The molecule has 0 aliphatic carbocycles. The average molecular weight is 509 g/mol. The number of anilines is 2. The lowest BCUT2D eigenvalue weighted by Gasteiger charge is -2.36. The number of unbranched alkanes of at least 4 members (excludes halogenated alkanes) is 1. The van der Waals surface area contributed by atoms with Gasteiger partial charge in [0, 0.05) is 41.7 Å². The van der Waals surface area contributed by atoms with E-state index in [2.05, 4.69) is 10.3 Å². The van der Waals surface area contributed by atoms with Gasteiger partial charge in [-0.3, -0.25) is 10.6 Å². The molecule has 0 unspecified atom stereocenters. The number of nitrogens with zero attached hydrogens (tertiary/aromatic N) is 2. The number of nitrogens with two attached hydrogens (primary N) is 1. The van der Waals surface area contributed by atoms with Crippen LogP contribution in [0.2, 0.25) is 0 Å². The van der Waals surface area contributed by atoms with Crippen LogP contribution in [0.15, 0.2) is 26.4 Å². The Hall–Kier alpha value is -2.01. The number of carboxylic acid groups (broad SMARTS) is 1. The van der Waals surface area contributed by atoms with Crippen molar-refractivity contribution in [3.05, 3.63) is 38.4 Å². The van der Waals surface area contributed by atoms with E-state index in [1.165, 1.54) is 23.5 Å². The summed E-state index contributed by atoms with van der Waals surface area (Å²) in [6.07, 6.45) is 2.07. The number of hydrazine groups is 1. The molecule has 0 atom stereocenters. The lowest BCUT2D eigenvalue weighted by molar-refractivity contribution is -0.132. The minimum absolute atomic E-state index is 0.00747. The van der Waals surface area contributed by atoms with Crippen LogP contribution in [0.5, 0.6) is 0 Å². The van der Waals surface area contributed by atoms with Gasteiger partial charge >= 0.3 is 5.97 Å². The molecule has 186 valence electrons. The van der Waals surface area contributed by atoms with Crippen molar-refractivity contribution in [1.29, 1.82) is 0 Å². The number of fused-ring (bicyclic) bond motifs is 2. The fourth-order valence-corrected chi connectivity index (χ4v) is 6.38. The van der Waals surface area contributed by atoms with E-state index in [4.69, 9.17) is 5.84 Å². The fourth-order valence-electron chi connectivity index (χ4n) is 4.15. The second-order valence-corrected chi connectivity index (χ2v) is 10.7. The third kappa shape index (κ3) is 5.45. The molecule has 0 saturated carbocycles. The normalized spacial score (nSPS) is 21.6. The van der Waals surface area contributed by atoms with Crippen LogP contribution in [0.4, 0.5) is 15.8 Å². The Bertz CT molecular complexity index is 1030. The number of aliphatic carboxylic acids is 1. The van der Waals surface area contributed by atoms with E-state index in [9.17, 15) is 14.7 Å². The molecule has 2 bridgehead atoms. The maximum absolute atomic E-state index is 16.1. The number of nitrogen functional groups attached to an aromatic ring is 1. The number of halogens is 1. The molecular weight excluding hydrogens is 475 g/mol. The van der Waals surface area contributed by atoms with Gasteiger partial charge in [0.25, 0.3) is 0 Å². The van der Waals surface area contributed by atoms with Crippen LogP contribution in [-0.4, -0.2) is 60.7 Å². The summed E-state index contributed by atoms with van der Waals surface area (Å²) in [5.74, 6) is 3.71. The fraction of sp³-hybridized carbons (Fsp3) is 0.500. The number of hydrogen-bond acceptors (Lipinski definition) is 8. The van der Waals surface area contributed by atoms with Crippen LogP contribution in [0, 0.1) is 12.7 Å². The monoisotopic (exact) mass is 508 g/mol. The van der Waals surface area contributed by atoms with E-state index in [0.29, 0.717) is 46.3 Å². The summed E-state index contributed by atoms with van der Waals surface area (Å²) < 4.78 is 16.1. The van der Waals surface area contributed by atoms with Crippen molar-refractivity contribution in [3.8, 4) is 0 Å². The van der Waals surface area contributed by atoms with Crippen LogP contribution in [0.3, 0.4) is 0 Å². The van der Waals surface area contributed by atoms with Crippen molar-refractivity contribution in [2.45, 2.75) is 44.9 Å². The molecule has 0 amide bonds. The molecule has 0 radical (unpaired) electrons. The van der Waals surface area contributed by atoms with Crippen LogP contribution < -0.4 is 16.2 Å². The zero-order valence-electron chi connectivity index (χ0n) is 20.2. The van der Waals surface area contributed by atoms with Crippen molar-refractivity contribution >= 4 is 46.7 Å². The molecule has 2 aliphatic rings. The van der Waals surface area contributed by atoms with Gasteiger partial charge in [0.15, 0.2) is 5.82 Å². The number of hydrogen-bond donors (Lipinski definition) is 3. The molecule has 4 N–H and O–H groups in total. The Labute approximate surface area is 209 Å². The highest BCUT2D eigenvalue weighted by molar-refractivity contribution is 8.06. The molecule has 7 nitrogen and oxygen atoms in total. The van der Waals surface area contributed by atoms with E-state index < -0.39 is 17.6 Å². The van der Waals surface area contributed by atoms with Crippen molar-refractivity contribution in [2.24, 2.45) is 5.84 Å². The second-order valence-electron chi connectivity index (χ2n) is 8.71. The van der Waals surface area contributed by atoms with Crippen LogP contribution in [0.25, 0.3) is 0 Å². The molecule has 1 aromatic carbocycles. The molecule has 1 fully saturated rings. The maximum atomic E-state index is 16.1. The number of ketones is 1. The largest absolute Gasteiger partial charge is 0.478 e. The first-order valence-electron chi connectivity index (χ1n) is 11.4. The number of Topliss-reactive ketones (excluding diaryl/α,β-unsaturated/α-hetero) is 1. The van der Waals surface area contributed by atoms with Crippen LogP contribution in [0.1, 0.15) is 49.0 Å². The molecule has 2 aliphatic heterocycles. The smallest absolute Gasteiger partial charge is 0.340 e. The minimum atomic E-state index is -1.31. The van der Waals surface area contributed by atoms with E-state index in [-0.39, 0.29) is 16.8 Å². The standard InChI is InChI=1S/C24H33FN4O3S2/c1-5-6-7-16-18(24(31)32)22(30)17-15(3)23(34-13-14(2)12-33-16)21(19(25)20(17)27-26)29-10-8-28(4)9-11-29/h12,27H,5-11,13,26H2,1-4H3,(H,31,32)/b14-12+,18-16-. The van der Waals surface area contributed by atoms with Gasteiger partial charge in [0.2, 0.25) is 5.78 Å². The lowest BCUT2D eigenvalue weighted by Crippen LogP contribution is -2.45. The summed E-state index contributed by atoms with van der Waals surface area (Å²) >= 11 is 2.75. The number of thioether (sulfide) groups is 2. The van der Waals surface area contributed by atoms with Gasteiger partial charge in [0.05, 0.1) is 16.9 Å². The Kier molecular flexibility index (Phi) is 9.08. The van der Waals surface area contributed by atoms with Crippen molar-refractivity contribution < 1.29 is 19.1 Å². The summed E-state index contributed by atoms with van der Waals surface area (Å²) in [6, 6.07) is 0. The van der Waals surface area contributed by atoms with E-state index in [0.717, 1.165) is 31.5 Å². The quantitative estimate of drug-likeness (QED) is 0.289. The Morgan fingerprint density at radius 2 is 1.94 bits per heavy atom. The average Bonchev–Trinajstić information content (AvgIpc) is 2.81. The van der Waals surface area contributed by atoms with Crippen LogP contribution in [-0.2, 0) is 4.79 Å². The van der Waals surface area contributed by atoms with Crippen LogP contribution >= 0.6 is 23.5 Å². The predicted octanol–water partition coefficient (Wildman–Crippen LogP) is 4.63. The molecule has 0 aromatic heterocycles.